The van der Waals surface area contributed by atoms with Crippen LogP contribution in [0.4, 0.5) is 4.79 Å². The van der Waals surface area contributed by atoms with Crippen molar-refractivity contribution in [3.05, 3.63) is 47.0 Å². The molecule has 8 heteroatoms. The predicted octanol–water partition coefficient (Wildman–Crippen LogP) is 7.11. The first-order valence-corrected chi connectivity index (χ1v) is 18.9. The number of hydrogen-bond acceptors (Lipinski definition) is 6. The third kappa shape index (κ3) is 5.06. The molecule has 5 fully saturated rings. The van der Waals surface area contributed by atoms with Crippen LogP contribution in [0.2, 0.25) is 0 Å². The van der Waals surface area contributed by atoms with Crippen molar-refractivity contribution in [2.24, 2.45) is 40.9 Å². The topological polar surface area (TPSA) is 82.1 Å². The summed E-state index contributed by atoms with van der Waals surface area (Å²) < 4.78 is 42.3. The first-order valence-electron chi connectivity index (χ1n) is 17.1. The van der Waals surface area contributed by atoms with Crippen molar-refractivity contribution in [1.82, 2.24) is 4.90 Å². The molecule has 1 amide bonds. The summed E-state index contributed by atoms with van der Waals surface area (Å²) in [5.74, 6) is 3.04. The second kappa shape index (κ2) is 11.1. The summed E-state index contributed by atoms with van der Waals surface area (Å²) in [6, 6.07) is 9.95. The molecule has 1 aromatic carbocycles. The summed E-state index contributed by atoms with van der Waals surface area (Å²) in [5, 5.41) is 0. The number of amides is 1. The number of likely N-dealkylation sites (tertiary alicyclic amines) is 1. The van der Waals surface area contributed by atoms with Crippen LogP contribution in [0.5, 0.6) is 0 Å². The molecule has 2 aliphatic heterocycles. The summed E-state index contributed by atoms with van der Waals surface area (Å²) in [7, 11) is -3.43. The third-order valence-corrected chi connectivity index (χ3v) is 13.9. The van der Waals surface area contributed by atoms with E-state index in [2.05, 4.69) is 27.7 Å². The number of fused-ring (bicyclic) bond motifs is 6. The van der Waals surface area contributed by atoms with E-state index in [1.165, 1.54) is 24.7 Å². The lowest BCUT2D eigenvalue weighted by molar-refractivity contribution is -0.0709. The molecule has 7 nitrogen and oxygen atoms in total. The van der Waals surface area contributed by atoms with Gasteiger partial charge in [0.15, 0.2) is 0 Å². The Balaban J connectivity index is 1.12. The number of piperidine rings is 1. The molecule has 11 atom stereocenters. The Hall–Kier alpha value is -1.90. The molecule has 44 heavy (non-hydrogen) atoms. The van der Waals surface area contributed by atoms with Crippen molar-refractivity contribution in [1.29, 1.82) is 0 Å². The van der Waals surface area contributed by atoms with Crippen LogP contribution in [0.1, 0.15) is 91.0 Å². The molecule has 0 radical (unpaired) electrons. The van der Waals surface area contributed by atoms with Gasteiger partial charge in [0.1, 0.15) is 6.61 Å². The second-order valence-electron chi connectivity index (χ2n) is 15.6. The molecular weight excluding hydrogens is 574 g/mol. The Morgan fingerprint density at radius 3 is 2.59 bits per heavy atom. The van der Waals surface area contributed by atoms with E-state index in [0.717, 1.165) is 50.5 Å². The lowest BCUT2D eigenvalue weighted by Crippen LogP contribution is -2.54. The molecule has 6 aliphatic rings. The van der Waals surface area contributed by atoms with Crippen molar-refractivity contribution in [2.45, 2.75) is 116 Å². The quantitative estimate of drug-likeness (QED) is 0.262. The van der Waals surface area contributed by atoms with Crippen molar-refractivity contribution in [2.75, 3.05) is 12.8 Å². The van der Waals surface area contributed by atoms with E-state index in [9.17, 15) is 13.2 Å². The Kier molecular flexibility index (Phi) is 7.77. The maximum Gasteiger partial charge on any atom is 0.410 e. The average Bonchev–Trinajstić information content (AvgIpc) is 3.50. The van der Waals surface area contributed by atoms with Gasteiger partial charge in [-0.25, -0.2) is 4.79 Å². The van der Waals surface area contributed by atoms with Gasteiger partial charge in [0.2, 0.25) is 0 Å². The molecule has 3 saturated carbocycles. The monoisotopic (exact) mass is 625 g/mol. The zero-order valence-electron chi connectivity index (χ0n) is 27.2. The molecule has 4 aliphatic carbocycles. The minimum Gasteiger partial charge on any atom is -0.445 e. The number of rotatable bonds is 4. The fourth-order valence-corrected chi connectivity index (χ4v) is 11.9. The molecular formula is C36H51NO6S. The van der Waals surface area contributed by atoms with Crippen LogP contribution in [0.25, 0.3) is 0 Å². The van der Waals surface area contributed by atoms with Gasteiger partial charge in [0.05, 0.1) is 30.1 Å². The molecule has 7 rings (SSSR count). The molecule has 0 N–H and O–H groups in total. The summed E-state index contributed by atoms with van der Waals surface area (Å²) in [6.45, 7) is 10.4. The highest BCUT2D eigenvalue weighted by molar-refractivity contribution is 7.86. The second-order valence-corrected chi connectivity index (χ2v) is 17.2. The smallest absolute Gasteiger partial charge is 0.410 e. The average molecular weight is 626 g/mol. The Morgan fingerprint density at radius 2 is 1.84 bits per heavy atom. The van der Waals surface area contributed by atoms with Gasteiger partial charge in [0.25, 0.3) is 10.1 Å². The number of benzene rings is 1. The van der Waals surface area contributed by atoms with Gasteiger partial charge in [-0.2, -0.15) is 8.42 Å². The number of hydrogen-bond donors (Lipinski definition) is 0. The number of nitrogens with zero attached hydrogens (tertiary/aromatic N) is 1. The van der Waals surface area contributed by atoms with E-state index in [1.54, 1.807) is 5.57 Å². The van der Waals surface area contributed by atoms with Crippen LogP contribution >= 0.6 is 0 Å². The normalized spacial score (nSPS) is 43.3. The lowest BCUT2D eigenvalue weighted by atomic mass is 9.52. The van der Waals surface area contributed by atoms with Gasteiger partial charge in [-0.3, -0.25) is 4.18 Å². The standard InChI is InChI=1S/C36H51NO6S/c1-22-17-32-33(37(20-22)34(38)41-21-25-9-7-6-8-10-25)24(3)36(42-32)16-14-28-29-12-11-26-18-27(43-44(5,39)40)13-15-35(26,4)31(29)19-30(28)23(36)2/h6-10,22,24,26-29,31-33H,11-21H2,1-5H3/t22-,24+,26+,27-,28-,29?,31-,32+,33-,35?,36?/m0/s1. The highest BCUT2D eigenvalue weighted by Crippen LogP contribution is 2.66. The molecule has 2 heterocycles. The molecule has 0 aromatic heterocycles. The van der Waals surface area contributed by atoms with E-state index in [1.807, 2.05) is 35.2 Å². The van der Waals surface area contributed by atoms with Crippen LogP contribution in [0.3, 0.4) is 0 Å². The zero-order valence-corrected chi connectivity index (χ0v) is 28.0. The number of ether oxygens (including phenoxy) is 2. The van der Waals surface area contributed by atoms with Gasteiger partial charge in [-0.05, 0) is 111 Å². The number of allylic oxidation sites excluding steroid dienone is 1. The maximum atomic E-state index is 13.6. The number of carbonyl (C=O) groups excluding carboxylic acids is 1. The van der Waals surface area contributed by atoms with E-state index in [0.29, 0.717) is 36.1 Å². The van der Waals surface area contributed by atoms with Crippen LogP contribution in [0.15, 0.2) is 41.5 Å². The van der Waals surface area contributed by atoms with Crippen molar-refractivity contribution >= 4 is 16.2 Å². The third-order valence-electron chi connectivity index (χ3n) is 13.3. The summed E-state index contributed by atoms with van der Waals surface area (Å²) in [6.07, 6.45) is 10.2. The van der Waals surface area contributed by atoms with Gasteiger partial charge in [0, 0.05) is 12.5 Å². The van der Waals surface area contributed by atoms with Gasteiger partial charge in [-0.15, -0.1) is 0 Å². The lowest BCUT2D eigenvalue weighted by Gasteiger charge is -2.54. The Bertz CT molecular complexity index is 1410. The van der Waals surface area contributed by atoms with Crippen LogP contribution in [-0.4, -0.2) is 56.1 Å². The van der Waals surface area contributed by atoms with Crippen LogP contribution in [0, 0.1) is 40.9 Å². The molecule has 3 unspecified atom stereocenters. The Morgan fingerprint density at radius 1 is 1.07 bits per heavy atom. The highest BCUT2D eigenvalue weighted by Gasteiger charge is 2.63. The molecule has 2 saturated heterocycles. The first kappa shape index (κ1) is 30.7. The van der Waals surface area contributed by atoms with Crippen molar-refractivity contribution in [3.8, 4) is 0 Å². The summed E-state index contributed by atoms with van der Waals surface area (Å²) in [4.78, 5) is 15.6. The fraction of sp³-hybridized carbons (Fsp3) is 0.750. The number of carbonyl (C=O) groups is 1. The fourth-order valence-electron chi connectivity index (χ4n) is 11.2. The molecule has 242 valence electrons. The maximum absolute atomic E-state index is 13.6. The van der Waals surface area contributed by atoms with E-state index in [4.69, 9.17) is 13.7 Å². The van der Waals surface area contributed by atoms with Crippen LogP contribution in [-0.2, 0) is 30.4 Å². The van der Waals surface area contributed by atoms with E-state index in [-0.39, 0.29) is 47.9 Å². The van der Waals surface area contributed by atoms with Gasteiger partial charge < -0.3 is 14.4 Å². The largest absolute Gasteiger partial charge is 0.445 e. The molecule has 0 bridgehead atoms. The predicted molar refractivity (Wildman–Crippen MR) is 169 cm³/mol. The Labute approximate surface area is 264 Å². The summed E-state index contributed by atoms with van der Waals surface area (Å²) in [5.41, 5.74) is 3.99. The first-order chi connectivity index (χ1) is 20.9. The minimum absolute atomic E-state index is 0.0253. The molecule has 1 aromatic rings. The van der Waals surface area contributed by atoms with Crippen LogP contribution < -0.4 is 0 Å². The van der Waals surface area contributed by atoms with Gasteiger partial charge >= 0.3 is 6.09 Å². The highest BCUT2D eigenvalue weighted by atomic mass is 32.2. The molecule has 1 spiro atoms. The SMILES string of the molecule is CC1=C2C[C@H]3C(CC[C@@H]4C[C@@H](OS(C)(=O)=O)CCC43C)[C@@H]2CCC12O[C@@H]1C[C@H](C)CN(C(=O)OCc3ccccc3)[C@H]1[C@H]2C. The van der Waals surface area contributed by atoms with Crippen molar-refractivity contribution < 1.29 is 26.9 Å². The zero-order chi connectivity index (χ0) is 31.0. The minimum atomic E-state index is -3.43. The van der Waals surface area contributed by atoms with E-state index >= 15 is 0 Å². The van der Waals surface area contributed by atoms with Gasteiger partial charge in [-0.1, -0.05) is 56.7 Å². The van der Waals surface area contributed by atoms with Crippen molar-refractivity contribution in [3.63, 3.8) is 0 Å². The summed E-state index contributed by atoms with van der Waals surface area (Å²) >= 11 is 0. The van der Waals surface area contributed by atoms with E-state index < -0.39 is 10.1 Å².